The molecule has 5 nitrogen and oxygen atoms in total. The van der Waals surface area contributed by atoms with E-state index in [1.165, 1.54) is 44.1 Å². The second-order valence-corrected chi connectivity index (χ2v) is 10.5. The number of benzene rings is 1. The molecule has 4 aliphatic rings. The number of nitrogens with one attached hydrogen (secondary N) is 2. The van der Waals surface area contributed by atoms with E-state index in [1.54, 1.807) is 0 Å². The molecule has 0 heterocycles. The highest BCUT2D eigenvalue weighted by Gasteiger charge is 2.51. The summed E-state index contributed by atoms with van der Waals surface area (Å²) in [6.45, 7) is 5.69. The lowest BCUT2D eigenvalue weighted by Gasteiger charge is -2.57. The molecular weight excluding hydrogens is 364 g/mol. The minimum Gasteiger partial charge on any atom is -0.444 e. The van der Waals surface area contributed by atoms with Crippen molar-refractivity contribution in [3.05, 3.63) is 29.8 Å². The summed E-state index contributed by atoms with van der Waals surface area (Å²) < 4.78 is 5.17. The average molecular weight is 399 g/mol. The van der Waals surface area contributed by atoms with E-state index in [-0.39, 0.29) is 18.9 Å². The number of anilines is 1. The zero-order valence-electron chi connectivity index (χ0n) is 17.9. The predicted octanol–water partition coefficient (Wildman–Crippen LogP) is 5.01. The van der Waals surface area contributed by atoms with Crippen molar-refractivity contribution in [2.75, 3.05) is 11.9 Å². The molecule has 5 heteroatoms. The molecule has 29 heavy (non-hydrogen) atoms. The Bertz CT molecular complexity index is 728. The van der Waals surface area contributed by atoms with Crippen molar-refractivity contribution in [1.29, 1.82) is 0 Å². The molecule has 2 amide bonds. The van der Waals surface area contributed by atoms with Crippen LogP contribution in [0.2, 0.25) is 0 Å². The first kappa shape index (κ1) is 20.2. The lowest BCUT2D eigenvalue weighted by Crippen LogP contribution is -2.48. The van der Waals surface area contributed by atoms with Gasteiger partial charge >= 0.3 is 6.09 Å². The third kappa shape index (κ3) is 4.76. The molecule has 1 aromatic carbocycles. The van der Waals surface area contributed by atoms with Crippen LogP contribution in [0.25, 0.3) is 0 Å². The molecule has 158 valence electrons. The summed E-state index contributed by atoms with van der Waals surface area (Å²) in [5.74, 6) is 2.68. The quantitative estimate of drug-likeness (QED) is 0.733. The van der Waals surface area contributed by atoms with Gasteiger partial charge in [-0.25, -0.2) is 4.79 Å². The zero-order chi connectivity index (χ0) is 20.6. The van der Waals surface area contributed by atoms with E-state index < -0.39 is 11.7 Å². The molecule has 4 aliphatic carbocycles. The van der Waals surface area contributed by atoms with Crippen molar-refractivity contribution in [2.45, 2.75) is 76.7 Å². The van der Waals surface area contributed by atoms with E-state index in [1.807, 2.05) is 32.9 Å². The lowest BCUT2D eigenvalue weighted by atomic mass is 9.48. The number of hydrogen-bond acceptors (Lipinski definition) is 3. The molecule has 4 saturated carbocycles. The van der Waals surface area contributed by atoms with Crippen LogP contribution in [0.5, 0.6) is 0 Å². The van der Waals surface area contributed by atoms with E-state index in [0.717, 1.165) is 23.4 Å². The summed E-state index contributed by atoms with van der Waals surface area (Å²) >= 11 is 0. The molecule has 0 spiro atoms. The van der Waals surface area contributed by atoms with Crippen molar-refractivity contribution < 1.29 is 14.3 Å². The molecule has 0 aromatic heterocycles. The van der Waals surface area contributed by atoms with Gasteiger partial charge in [-0.2, -0.15) is 0 Å². The Kier molecular flexibility index (Phi) is 5.34. The van der Waals surface area contributed by atoms with Crippen LogP contribution >= 0.6 is 0 Å². The number of hydrogen-bond donors (Lipinski definition) is 2. The third-order valence-corrected chi connectivity index (χ3v) is 6.84. The van der Waals surface area contributed by atoms with Crippen LogP contribution < -0.4 is 10.6 Å². The molecule has 0 unspecified atom stereocenters. The van der Waals surface area contributed by atoms with E-state index in [9.17, 15) is 9.59 Å². The number of amides is 2. The van der Waals surface area contributed by atoms with Crippen LogP contribution in [0.3, 0.4) is 0 Å². The maximum absolute atomic E-state index is 12.2. The summed E-state index contributed by atoms with van der Waals surface area (Å²) in [5.41, 5.74) is 2.13. The Labute approximate surface area is 174 Å². The molecule has 4 fully saturated rings. The van der Waals surface area contributed by atoms with Gasteiger partial charge in [0.25, 0.3) is 0 Å². The van der Waals surface area contributed by atoms with Gasteiger partial charge in [0.2, 0.25) is 5.91 Å². The highest BCUT2D eigenvalue weighted by Crippen LogP contribution is 2.60. The zero-order valence-corrected chi connectivity index (χ0v) is 17.9. The molecular formula is C24H34N2O3. The van der Waals surface area contributed by atoms with Gasteiger partial charge in [-0.15, -0.1) is 0 Å². The number of ether oxygens (including phenoxy) is 1. The van der Waals surface area contributed by atoms with Crippen molar-refractivity contribution in [3.8, 4) is 0 Å². The fourth-order valence-electron chi connectivity index (χ4n) is 6.19. The van der Waals surface area contributed by atoms with E-state index in [2.05, 4.69) is 22.8 Å². The first-order chi connectivity index (χ1) is 13.7. The maximum Gasteiger partial charge on any atom is 0.407 e. The van der Waals surface area contributed by atoms with Gasteiger partial charge in [0, 0.05) is 18.7 Å². The number of carbonyl (C=O) groups is 2. The normalized spacial score (nSPS) is 30.1. The summed E-state index contributed by atoms with van der Waals surface area (Å²) in [4.78, 5) is 23.8. The molecule has 5 rings (SSSR count). The van der Waals surface area contributed by atoms with Crippen LogP contribution in [-0.4, -0.2) is 24.1 Å². The Morgan fingerprint density at radius 3 is 2.07 bits per heavy atom. The van der Waals surface area contributed by atoms with Gasteiger partial charge in [-0.1, -0.05) is 12.1 Å². The third-order valence-electron chi connectivity index (χ3n) is 6.84. The van der Waals surface area contributed by atoms with Gasteiger partial charge < -0.3 is 15.4 Å². The van der Waals surface area contributed by atoms with E-state index in [4.69, 9.17) is 4.74 Å². The predicted molar refractivity (Wildman–Crippen MR) is 114 cm³/mol. The van der Waals surface area contributed by atoms with E-state index in [0.29, 0.717) is 5.41 Å². The monoisotopic (exact) mass is 398 g/mol. The SMILES string of the molecule is CC(C)(C)OC(=O)NCCC(=O)Nc1ccc(C23CC4CC(CC(C4)C2)C3)cc1. The standard InChI is InChI=1S/C24H34N2O3/c1-23(2,3)29-22(28)25-9-8-21(27)26-20-6-4-19(5-7-20)24-13-16-10-17(14-24)12-18(11-16)15-24/h4-7,16-18H,8-15H2,1-3H3,(H,25,28)(H,26,27). The van der Waals surface area contributed by atoms with E-state index >= 15 is 0 Å². The Hall–Kier alpha value is -2.04. The van der Waals surface area contributed by atoms with Crippen LogP contribution in [-0.2, 0) is 14.9 Å². The molecule has 1 aromatic rings. The van der Waals surface area contributed by atoms with Crippen molar-refractivity contribution >= 4 is 17.7 Å². The second kappa shape index (κ2) is 7.66. The smallest absolute Gasteiger partial charge is 0.407 e. The number of alkyl carbamates (subject to hydrolysis) is 1. The first-order valence-electron chi connectivity index (χ1n) is 11.1. The average Bonchev–Trinajstić information content (AvgIpc) is 2.59. The minimum absolute atomic E-state index is 0.108. The highest BCUT2D eigenvalue weighted by atomic mass is 16.6. The topological polar surface area (TPSA) is 67.4 Å². The van der Waals surface area contributed by atoms with Crippen LogP contribution in [0.4, 0.5) is 10.5 Å². The fraction of sp³-hybridized carbons (Fsp3) is 0.667. The van der Waals surface area contributed by atoms with Crippen molar-refractivity contribution in [3.63, 3.8) is 0 Å². The lowest BCUT2D eigenvalue weighted by molar-refractivity contribution is -0.116. The molecule has 2 N–H and O–H groups in total. The first-order valence-corrected chi connectivity index (χ1v) is 11.1. The second-order valence-electron chi connectivity index (χ2n) is 10.5. The highest BCUT2D eigenvalue weighted by molar-refractivity contribution is 5.91. The van der Waals surface area contributed by atoms with Gasteiger partial charge in [0.1, 0.15) is 5.60 Å². The molecule has 4 bridgehead atoms. The summed E-state index contributed by atoms with van der Waals surface area (Å²) in [6, 6.07) is 8.52. The maximum atomic E-state index is 12.2. The van der Waals surface area contributed by atoms with Crippen LogP contribution in [0.1, 0.15) is 71.3 Å². The molecule has 0 saturated heterocycles. The van der Waals surface area contributed by atoms with Gasteiger partial charge in [-0.3, -0.25) is 4.79 Å². The fourth-order valence-corrected chi connectivity index (χ4v) is 6.19. The summed E-state index contributed by atoms with van der Waals surface area (Å²) in [7, 11) is 0. The Morgan fingerprint density at radius 2 is 1.55 bits per heavy atom. The summed E-state index contributed by atoms with van der Waals surface area (Å²) in [5, 5.41) is 5.55. The van der Waals surface area contributed by atoms with Crippen LogP contribution in [0, 0.1) is 17.8 Å². The largest absolute Gasteiger partial charge is 0.444 e. The van der Waals surface area contributed by atoms with Gasteiger partial charge in [-0.05, 0) is 100 Å². The van der Waals surface area contributed by atoms with Crippen molar-refractivity contribution in [1.82, 2.24) is 5.32 Å². The van der Waals surface area contributed by atoms with Crippen molar-refractivity contribution in [2.24, 2.45) is 17.8 Å². The molecule has 0 atom stereocenters. The van der Waals surface area contributed by atoms with Gasteiger partial charge in [0.15, 0.2) is 0 Å². The number of carbonyl (C=O) groups excluding carboxylic acids is 2. The Morgan fingerprint density at radius 1 is 1.00 bits per heavy atom. The minimum atomic E-state index is -0.537. The summed E-state index contributed by atoms with van der Waals surface area (Å²) in [6.07, 6.45) is 8.12. The number of rotatable bonds is 5. The molecule has 0 radical (unpaired) electrons. The Balaban J connectivity index is 1.28. The molecule has 0 aliphatic heterocycles. The van der Waals surface area contributed by atoms with Gasteiger partial charge in [0.05, 0.1) is 0 Å². The van der Waals surface area contributed by atoms with Crippen LogP contribution in [0.15, 0.2) is 24.3 Å².